The molecule has 0 aliphatic carbocycles. The summed E-state index contributed by atoms with van der Waals surface area (Å²) in [4.78, 5) is 6.21. The highest BCUT2D eigenvalue weighted by Crippen LogP contribution is 2.23. The fourth-order valence-corrected chi connectivity index (χ4v) is 2.80. The Kier molecular flexibility index (Phi) is 6.08. The summed E-state index contributed by atoms with van der Waals surface area (Å²) in [6.45, 7) is 0. The van der Waals surface area contributed by atoms with Crippen molar-refractivity contribution in [3.8, 4) is 12.1 Å². The predicted octanol–water partition coefficient (Wildman–Crippen LogP) is 6.78. The first-order valence-electron chi connectivity index (χ1n) is 8.91. The van der Waals surface area contributed by atoms with E-state index in [1.165, 1.54) is 0 Å². The molecule has 0 atom stereocenters. The van der Waals surface area contributed by atoms with Crippen LogP contribution in [0.5, 0.6) is 0 Å². The number of nitriles is 2. The van der Waals surface area contributed by atoms with Crippen LogP contribution in [-0.4, -0.2) is 0 Å². The largest absolute Gasteiger partial charge is 0.385 e. The Morgan fingerprint density at radius 3 is 1.17 bits per heavy atom. The summed E-state index contributed by atoms with van der Waals surface area (Å²) in [5.74, 6) is 0. The molecule has 30 heavy (non-hydrogen) atoms. The average Bonchev–Trinajstić information content (AvgIpc) is 2.82. The highest BCUT2D eigenvalue weighted by Gasteiger charge is 2.08. The number of hydrogen-bond acceptors (Lipinski definition) is 4. The summed E-state index contributed by atoms with van der Waals surface area (Å²) in [5.41, 5.74) is 4.92. The number of nitrogens with zero attached hydrogens (tertiary/aromatic N) is 6. The van der Waals surface area contributed by atoms with Gasteiger partial charge in [-0.1, -0.05) is 24.3 Å². The Morgan fingerprint density at radius 1 is 0.567 bits per heavy atom. The molecule has 0 spiro atoms. The van der Waals surface area contributed by atoms with E-state index < -0.39 is 0 Å². The van der Waals surface area contributed by atoms with Gasteiger partial charge in [0.25, 0.3) is 0 Å². The number of hydrogen-bond donors (Lipinski definition) is 0. The minimum Gasteiger partial charge on any atom is -0.192 e. The molecule has 0 amide bonds. The van der Waals surface area contributed by atoms with Gasteiger partial charge < -0.3 is 0 Å². The average molecular weight is 386 g/mol. The van der Waals surface area contributed by atoms with Crippen LogP contribution in [0.3, 0.4) is 0 Å². The highest BCUT2D eigenvalue weighted by atomic mass is 14.8. The molecule has 0 aliphatic rings. The van der Waals surface area contributed by atoms with Gasteiger partial charge in [0.2, 0.25) is 10.8 Å². The third kappa shape index (κ3) is 4.62. The fraction of sp³-hybridized carbons (Fsp3) is 0. The minimum absolute atomic E-state index is 0.417. The molecule has 6 heteroatoms. The molecule has 3 aromatic carbocycles. The third-order valence-corrected chi connectivity index (χ3v) is 4.39. The topological polar surface area (TPSA) is 104 Å². The first-order chi connectivity index (χ1) is 14.7. The van der Waals surface area contributed by atoms with E-state index in [2.05, 4.69) is 22.1 Å². The van der Waals surface area contributed by atoms with Gasteiger partial charge in [-0.05, 0) is 58.7 Å². The van der Waals surface area contributed by atoms with Crippen LogP contribution in [0.25, 0.3) is 33.3 Å². The molecule has 3 rings (SSSR count). The zero-order valence-electron chi connectivity index (χ0n) is 15.8. The zero-order valence-corrected chi connectivity index (χ0v) is 15.8. The fourth-order valence-electron chi connectivity index (χ4n) is 2.80. The van der Waals surface area contributed by atoms with Gasteiger partial charge in [0, 0.05) is 24.3 Å². The number of benzene rings is 3. The maximum atomic E-state index is 9.48. The standard InChI is InChI=1S/C24H14N6/c25-15-21(19-5-9-23(29-27)10-6-19)13-17-1-2-18(4-3-17)14-22(16-26)20-7-11-24(30-28)12-8-20/h1-14H/q+2. The van der Waals surface area contributed by atoms with Crippen molar-refractivity contribution in [2.75, 3.05) is 0 Å². The second-order valence-corrected chi connectivity index (χ2v) is 6.30. The van der Waals surface area contributed by atoms with E-state index in [1.807, 2.05) is 24.3 Å². The van der Waals surface area contributed by atoms with E-state index in [1.54, 1.807) is 60.7 Å². The van der Waals surface area contributed by atoms with Gasteiger partial charge in [0.15, 0.2) is 9.95 Å². The minimum atomic E-state index is 0.417. The molecule has 0 bridgehead atoms. The Morgan fingerprint density at radius 2 is 0.900 bits per heavy atom. The molecule has 0 aliphatic heterocycles. The van der Waals surface area contributed by atoms with Crippen molar-refractivity contribution in [1.29, 1.82) is 21.3 Å². The lowest BCUT2D eigenvalue weighted by molar-refractivity contribution is 1.46. The molecule has 0 saturated heterocycles. The molecule has 0 radical (unpaired) electrons. The van der Waals surface area contributed by atoms with E-state index in [0.717, 1.165) is 22.3 Å². The number of rotatable bonds is 4. The first-order valence-corrected chi connectivity index (χ1v) is 8.91. The maximum Gasteiger partial charge on any atom is 0.385 e. The van der Waals surface area contributed by atoms with Crippen molar-refractivity contribution in [1.82, 2.24) is 0 Å². The van der Waals surface area contributed by atoms with Crippen molar-refractivity contribution in [2.24, 2.45) is 0 Å². The molecular weight excluding hydrogens is 372 g/mol. The van der Waals surface area contributed by atoms with Crippen molar-refractivity contribution in [3.63, 3.8) is 0 Å². The first kappa shape index (κ1) is 19.7. The summed E-state index contributed by atoms with van der Waals surface area (Å²) in [5, 5.41) is 36.5. The molecule has 0 saturated carbocycles. The van der Waals surface area contributed by atoms with Crippen LogP contribution in [0.2, 0.25) is 0 Å². The van der Waals surface area contributed by atoms with E-state index in [9.17, 15) is 10.5 Å². The quantitative estimate of drug-likeness (QED) is 0.280. The van der Waals surface area contributed by atoms with Gasteiger partial charge in [-0.15, -0.1) is 0 Å². The summed E-state index contributed by atoms with van der Waals surface area (Å²) in [6, 6.07) is 25.2. The molecule has 138 valence electrons. The third-order valence-electron chi connectivity index (χ3n) is 4.39. The Hall–Kier alpha value is -5.04. The van der Waals surface area contributed by atoms with Crippen LogP contribution < -0.4 is 0 Å². The lowest BCUT2D eigenvalue weighted by Crippen LogP contribution is -1.83. The summed E-state index contributed by atoms with van der Waals surface area (Å²) in [7, 11) is 0. The monoisotopic (exact) mass is 386 g/mol. The molecule has 0 N–H and O–H groups in total. The van der Waals surface area contributed by atoms with Crippen molar-refractivity contribution in [2.45, 2.75) is 0 Å². The van der Waals surface area contributed by atoms with Crippen molar-refractivity contribution < 1.29 is 0 Å². The zero-order chi connectivity index (χ0) is 21.3. The van der Waals surface area contributed by atoms with E-state index >= 15 is 0 Å². The van der Waals surface area contributed by atoms with Gasteiger partial charge in [-0.2, -0.15) is 10.5 Å². The number of diazo groups is 2. The Labute approximate surface area is 173 Å². The molecule has 0 aromatic heterocycles. The van der Waals surface area contributed by atoms with Gasteiger partial charge >= 0.3 is 11.4 Å². The summed E-state index contributed by atoms with van der Waals surface area (Å²) >= 11 is 0. The van der Waals surface area contributed by atoms with Crippen LogP contribution >= 0.6 is 0 Å². The number of allylic oxidation sites excluding steroid dienone is 2. The molecular formula is C24H14N6+2. The second kappa shape index (κ2) is 9.25. The van der Waals surface area contributed by atoms with E-state index in [4.69, 9.17) is 10.8 Å². The summed E-state index contributed by atoms with van der Waals surface area (Å²) in [6.07, 6.45) is 3.53. The molecule has 0 unspecified atom stereocenters. The van der Waals surface area contributed by atoms with Gasteiger partial charge in [-0.25, -0.2) is 0 Å². The second-order valence-electron chi connectivity index (χ2n) is 6.30. The maximum absolute atomic E-state index is 9.48. The van der Waals surface area contributed by atoms with Crippen molar-refractivity contribution in [3.05, 3.63) is 105 Å². The van der Waals surface area contributed by atoms with Crippen molar-refractivity contribution >= 4 is 34.7 Å². The van der Waals surface area contributed by atoms with Crippen LogP contribution in [0.4, 0.5) is 11.4 Å². The van der Waals surface area contributed by atoms with E-state index in [-0.39, 0.29) is 0 Å². The van der Waals surface area contributed by atoms with Crippen LogP contribution in [0.1, 0.15) is 22.3 Å². The Balaban J connectivity index is 1.85. The molecule has 0 fully saturated rings. The molecule has 0 heterocycles. The van der Waals surface area contributed by atoms with Crippen LogP contribution in [0.15, 0.2) is 72.8 Å². The normalized spacial score (nSPS) is 10.9. The predicted molar refractivity (Wildman–Crippen MR) is 116 cm³/mol. The van der Waals surface area contributed by atoms with Gasteiger partial charge in [0.05, 0.1) is 23.3 Å². The lowest BCUT2D eigenvalue weighted by atomic mass is 10.0. The highest BCUT2D eigenvalue weighted by molar-refractivity contribution is 5.91. The smallest absolute Gasteiger partial charge is 0.192 e. The van der Waals surface area contributed by atoms with Gasteiger partial charge in [-0.3, -0.25) is 0 Å². The SMILES string of the molecule is N#CC(=Cc1ccc(C=C(C#N)c2ccc([N+]#N)cc2)cc1)c1ccc([N+]#N)cc1. The molecule has 3 aromatic rings. The van der Waals surface area contributed by atoms with Gasteiger partial charge in [0.1, 0.15) is 0 Å². The van der Waals surface area contributed by atoms with Crippen LogP contribution in [-0.2, 0) is 0 Å². The van der Waals surface area contributed by atoms with Crippen LogP contribution in [0, 0.1) is 33.4 Å². The van der Waals surface area contributed by atoms with E-state index in [0.29, 0.717) is 22.5 Å². The lowest BCUT2D eigenvalue weighted by Gasteiger charge is -2.01. The summed E-state index contributed by atoms with van der Waals surface area (Å²) < 4.78 is 0. The Bertz CT molecular complexity index is 1180. The molecule has 6 nitrogen and oxygen atoms in total.